The fourth-order valence-corrected chi connectivity index (χ4v) is 2.95. The van der Waals surface area contributed by atoms with Crippen LogP contribution in [0.5, 0.6) is 0 Å². The van der Waals surface area contributed by atoms with Crippen molar-refractivity contribution in [3.8, 4) is 0 Å². The number of rotatable bonds is 5. The highest BCUT2D eigenvalue weighted by atomic mass is 35.5. The molecule has 2 atom stereocenters. The lowest BCUT2D eigenvalue weighted by Gasteiger charge is -2.24. The maximum Gasteiger partial charge on any atom is 0.0870 e. The lowest BCUT2D eigenvalue weighted by Crippen LogP contribution is -2.23. The van der Waals surface area contributed by atoms with Gasteiger partial charge in [-0.2, -0.15) is 0 Å². The van der Waals surface area contributed by atoms with Crippen molar-refractivity contribution < 1.29 is 5.11 Å². The van der Waals surface area contributed by atoms with Gasteiger partial charge in [0.1, 0.15) is 0 Å². The van der Waals surface area contributed by atoms with E-state index in [4.69, 9.17) is 0 Å². The molecule has 23 heavy (non-hydrogen) atoms. The third-order valence-corrected chi connectivity index (χ3v) is 4.15. The Kier molecular flexibility index (Phi) is 6.17. The normalized spacial score (nSPS) is 13.3. The number of aliphatic hydroxyl groups excluding tert-OH is 1. The molecule has 0 fully saturated rings. The SMILES string of the molecule is CNC[C@H](c1ccc2ccccc2c1)[C@@H](O)c1ccccc1.Cl. The quantitative estimate of drug-likeness (QED) is 0.732. The number of aliphatic hydroxyl groups is 1. The minimum atomic E-state index is -0.519. The van der Waals surface area contributed by atoms with Gasteiger partial charge in [0.25, 0.3) is 0 Å². The van der Waals surface area contributed by atoms with E-state index in [0.717, 1.165) is 17.7 Å². The molecule has 2 nitrogen and oxygen atoms in total. The summed E-state index contributed by atoms with van der Waals surface area (Å²) in [4.78, 5) is 0. The summed E-state index contributed by atoms with van der Waals surface area (Å²) in [5, 5.41) is 16.4. The van der Waals surface area contributed by atoms with Gasteiger partial charge in [-0.15, -0.1) is 12.4 Å². The number of likely N-dealkylation sites (N-methyl/N-ethyl adjacent to an activating group) is 1. The van der Waals surface area contributed by atoms with Crippen LogP contribution in [0, 0.1) is 0 Å². The van der Waals surface area contributed by atoms with Gasteiger partial charge < -0.3 is 10.4 Å². The van der Waals surface area contributed by atoms with Crippen LogP contribution < -0.4 is 5.32 Å². The standard InChI is InChI=1S/C20H21NO.ClH/c1-21-14-19(20(22)16-8-3-2-4-9-16)18-12-11-15-7-5-6-10-17(15)13-18;/h2-13,19-22H,14H2,1H3;1H/t19-,20+;/m1./s1. The first kappa shape index (κ1) is 17.5. The largest absolute Gasteiger partial charge is 0.388 e. The summed E-state index contributed by atoms with van der Waals surface area (Å²) in [6.07, 6.45) is -0.519. The van der Waals surface area contributed by atoms with Gasteiger partial charge in [-0.3, -0.25) is 0 Å². The molecule has 3 aromatic rings. The van der Waals surface area contributed by atoms with E-state index in [1.807, 2.05) is 49.5 Å². The van der Waals surface area contributed by atoms with Gasteiger partial charge in [-0.1, -0.05) is 72.8 Å². The molecule has 0 saturated heterocycles. The average Bonchev–Trinajstić information content (AvgIpc) is 2.59. The minimum Gasteiger partial charge on any atom is -0.388 e. The second-order valence-corrected chi connectivity index (χ2v) is 5.63. The third-order valence-electron chi connectivity index (χ3n) is 4.15. The zero-order valence-corrected chi connectivity index (χ0v) is 14.0. The molecule has 0 bridgehead atoms. The molecule has 3 rings (SSSR count). The van der Waals surface area contributed by atoms with E-state index in [1.165, 1.54) is 10.8 Å². The van der Waals surface area contributed by atoms with Crippen molar-refractivity contribution in [2.45, 2.75) is 12.0 Å². The number of nitrogens with one attached hydrogen (secondary N) is 1. The van der Waals surface area contributed by atoms with Crippen molar-refractivity contribution >= 4 is 23.2 Å². The Hall–Kier alpha value is -1.87. The van der Waals surface area contributed by atoms with Gasteiger partial charge in [0.05, 0.1) is 6.10 Å². The van der Waals surface area contributed by atoms with E-state index >= 15 is 0 Å². The summed E-state index contributed by atoms with van der Waals surface area (Å²) < 4.78 is 0. The fraction of sp³-hybridized carbons (Fsp3) is 0.200. The topological polar surface area (TPSA) is 32.3 Å². The van der Waals surface area contributed by atoms with Crippen LogP contribution in [0.2, 0.25) is 0 Å². The van der Waals surface area contributed by atoms with Crippen LogP contribution in [-0.4, -0.2) is 18.7 Å². The third kappa shape index (κ3) is 3.91. The van der Waals surface area contributed by atoms with Crippen molar-refractivity contribution in [1.82, 2.24) is 5.32 Å². The maximum atomic E-state index is 10.8. The van der Waals surface area contributed by atoms with E-state index in [2.05, 4.69) is 35.6 Å². The zero-order chi connectivity index (χ0) is 15.4. The van der Waals surface area contributed by atoms with Crippen LogP contribution in [-0.2, 0) is 0 Å². The predicted octanol–water partition coefficient (Wildman–Crippen LogP) is 4.30. The molecule has 0 aliphatic heterocycles. The van der Waals surface area contributed by atoms with Crippen LogP contribution in [0.3, 0.4) is 0 Å². The molecule has 0 spiro atoms. The van der Waals surface area contributed by atoms with Crippen LogP contribution >= 0.6 is 12.4 Å². The number of halogens is 1. The van der Waals surface area contributed by atoms with Crippen molar-refractivity contribution in [2.75, 3.05) is 13.6 Å². The first-order valence-corrected chi connectivity index (χ1v) is 7.66. The molecule has 0 unspecified atom stereocenters. The minimum absolute atomic E-state index is 0. The monoisotopic (exact) mass is 327 g/mol. The summed E-state index contributed by atoms with van der Waals surface area (Å²) in [5.74, 6) is 0.0250. The highest BCUT2D eigenvalue weighted by Gasteiger charge is 2.22. The Morgan fingerprint density at radius 3 is 2.17 bits per heavy atom. The molecular weight excluding hydrogens is 306 g/mol. The second-order valence-electron chi connectivity index (χ2n) is 5.63. The first-order valence-electron chi connectivity index (χ1n) is 7.66. The van der Waals surface area contributed by atoms with E-state index in [1.54, 1.807) is 0 Å². The molecule has 120 valence electrons. The van der Waals surface area contributed by atoms with Crippen molar-refractivity contribution in [2.24, 2.45) is 0 Å². The molecule has 2 N–H and O–H groups in total. The Morgan fingerprint density at radius 2 is 1.48 bits per heavy atom. The number of hydrogen-bond acceptors (Lipinski definition) is 2. The van der Waals surface area contributed by atoms with Gasteiger partial charge in [0.2, 0.25) is 0 Å². The van der Waals surface area contributed by atoms with E-state index in [-0.39, 0.29) is 18.3 Å². The summed E-state index contributed by atoms with van der Waals surface area (Å²) in [6, 6.07) is 24.6. The maximum absolute atomic E-state index is 10.8. The van der Waals surface area contributed by atoms with Gasteiger partial charge in [-0.25, -0.2) is 0 Å². The Labute approximate surface area is 143 Å². The molecule has 3 heteroatoms. The Balaban J connectivity index is 0.00000192. The van der Waals surface area contributed by atoms with Crippen LogP contribution in [0.4, 0.5) is 0 Å². The number of benzene rings is 3. The lowest BCUT2D eigenvalue weighted by atomic mass is 9.88. The first-order chi connectivity index (χ1) is 10.8. The van der Waals surface area contributed by atoms with Gasteiger partial charge in [0, 0.05) is 12.5 Å². The van der Waals surface area contributed by atoms with Crippen molar-refractivity contribution in [1.29, 1.82) is 0 Å². The van der Waals surface area contributed by atoms with E-state index < -0.39 is 6.10 Å². The number of hydrogen-bond donors (Lipinski definition) is 2. The average molecular weight is 328 g/mol. The Morgan fingerprint density at radius 1 is 0.826 bits per heavy atom. The van der Waals surface area contributed by atoms with Crippen LogP contribution in [0.1, 0.15) is 23.1 Å². The van der Waals surface area contributed by atoms with Gasteiger partial charge in [-0.05, 0) is 28.9 Å². The fourth-order valence-electron chi connectivity index (χ4n) is 2.95. The molecule has 0 aliphatic carbocycles. The summed E-state index contributed by atoms with van der Waals surface area (Å²) in [5.41, 5.74) is 2.11. The molecule has 3 aromatic carbocycles. The van der Waals surface area contributed by atoms with Crippen molar-refractivity contribution in [3.63, 3.8) is 0 Å². The van der Waals surface area contributed by atoms with E-state index in [9.17, 15) is 5.11 Å². The summed E-state index contributed by atoms with van der Waals surface area (Å²) >= 11 is 0. The second kappa shape index (κ2) is 8.11. The molecular formula is C20H22ClNO. The molecule has 0 amide bonds. The highest BCUT2D eigenvalue weighted by Crippen LogP contribution is 2.32. The Bertz CT molecular complexity index is 745. The molecule has 0 saturated carbocycles. The molecule has 0 heterocycles. The highest BCUT2D eigenvalue weighted by molar-refractivity contribution is 5.85. The zero-order valence-electron chi connectivity index (χ0n) is 13.1. The van der Waals surface area contributed by atoms with Crippen molar-refractivity contribution in [3.05, 3.63) is 83.9 Å². The summed E-state index contributed by atoms with van der Waals surface area (Å²) in [7, 11) is 1.92. The van der Waals surface area contributed by atoms with Crippen LogP contribution in [0.25, 0.3) is 10.8 Å². The van der Waals surface area contributed by atoms with Gasteiger partial charge >= 0.3 is 0 Å². The number of fused-ring (bicyclic) bond motifs is 1. The lowest BCUT2D eigenvalue weighted by molar-refractivity contribution is 0.144. The predicted molar refractivity (Wildman–Crippen MR) is 99.3 cm³/mol. The smallest absolute Gasteiger partial charge is 0.0870 e. The van der Waals surface area contributed by atoms with Gasteiger partial charge in [0.15, 0.2) is 0 Å². The van der Waals surface area contributed by atoms with Crippen LogP contribution in [0.15, 0.2) is 72.8 Å². The van der Waals surface area contributed by atoms with E-state index in [0.29, 0.717) is 0 Å². The molecule has 0 aliphatic rings. The molecule has 0 radical (unpaired) electrons. The summed E-state index contributed by atoms with van der Waals surface area (Å²) in [6.45, 7) is 0.731. The molecule has 0 aromatic heterocycles.